The number of ether oxygens (including phenoxy) is 1. The number of rotatable bonds is 3. The summed E-state index contributed by atoms with van der Waals surface area (Å²) in [6.45, 7) is 4.72. The second kappa shape index (κ2) is 6.15. The van der Waals surface area contributed by atoms with Crippen molar-refractivity contribution in [3.63, 3.8) is 0 Å². The monoisotopic (exact) mass is 345 g/mol. The fourth-order valence-electron chi connectivity index (χ4n) is 4.62. The van der Waals surface area contributed by atoms with Gasteiger partial charge in [-0.3, -0.25) is 4.79 Å². The van der Waals surface area contributed by atoms with E-state index in [1.54, 1.807) is 12.1 Å². The van der Waals surface area contributed by atoms with Crippen molar-refractivity contribution in [2.45, 2.75) is 50.2 Å². The van der Waals surface area contributed by atoms with Crippen molar-refractivity contribution in [3.05, 3.63) is 35.4 Å². The molecule has 1 fully saturated rings. The highest BCUT2D eigenvalue weighted by Gasteiger charge is 2.60. The molecule has 5 nitrogen and oxygen atoms in total. The molecule has 2 aliphatic rings. The third kappa shape index (κ3) is 2.41. The van der Waals surface area contributed by atoms with E-state index in [1.165, 1.54) is 13.2 Å². The molecule has 3 atom stereocenters. The van der Waals surface area contributed by atoms with Crippen LogP contribution in [0.15, 0.2) is 24.3 Å². The quantitative estimate of drug-likeness (QED) is 0.879. The number of phenolic OH excluding ortho intramolecular Hbond substituents is 1. The third-order valence-corrected chi connectivity index (χ3v) is 6.26. The summed E-state index contributed by atoms with van der Waals surface area (Å²) in [5.41, 5.74) is -0.484. The van der Waals surface area contributed by atoms with E-state index >= 15 is 0 Å². The number of methoxy groups -OCH3 is 1. The number of hydrogen-bond donors (Lipinski definition) is 2. The molecule has 1 aliphatic heterocycles. The maximum Gasteiger partial charge on any atom is 0.161 e. The normalized spacial score (nSPS) is 32.5. The van der Waals surface area contributed by atoms with E-state index in [2.05, 4.69) is 4.90 Å². The van der Waals surface area contributed by atoms with Gasteiger partial charge in [-0.2, -0.15) is 0 Å². The number of aryl methyl sites for hydroxylation is 1. The van der Waals surface area contributed by atoms with Crippen LogP contribution in [0.4, 0.5) is 0 Å². The molecule has 5 heteroatoms. The number of carbonyl (C=O) groups is 1. The van der Waals surface area contributed by atoms with Crippen molar-refractivity contribution in [1.82, 2.24) is 4.90 Å². The number of benzene rings is 1. The average molecular weight is 345 g/mol. The minimum absolute atomic E-state index is 0.0225. The smallest absolute Gasteiger partial charge is 0.161 e. The van der Waals surface area contributed by atoms with Gasteiger partial charge in [-0.05, 0) is 57.1 Å². The number of carbonyl (C=O) groups excluding carboxylic acids is 1. The molecule has 0 amide bonds. The van der Waals surface area contributed by atoms with Gasteiger partial charge >= 0.3 is 0 Å². The van der Waals surface area contributed by atoms with Crippen LogP contribution in [0.25, 0.3) is 0 Å². The number of piperidine rings is 1. The number of allylic oxidation sites excluding steroid dienone is 1. The van der Waals surface area contributed by atoms with Gasteiger partial charge in [0.25, 0.3) is 0 Å². The lowest BCUT2D eigenvalue weighted by Crippen LogP contribution is -2.67. The molecule has 0 bridgehead atoms. The fraction of sp³-hybridized carbons (Fsp3) is 0.550. The summed E-state index contributed by atoms with van der Waals surface area (Å²) in [6, 6.07) is 3.49. The summed E-state index contributed by atoms with van der Waals surface area (Å²) < 4.78 is 5.32. The van der Waals surface area contributed by atoms with Crippen LogP contribution in [-0.4, -0.2) is 53.2 Å². The second-order valence-corrected chi connectivity index (χ2v) is 7.29. The summed E-state index contributed by atoms with van der Waals surface area (Å²) in [4.78, 5) is 14.5. The summed E-state index contributed by atoms with van der Waals surface area (Å²) in [5.74, 6) is 0.392. The van der Waals surface area contributed by atoms with Gasteiger partial charge in [0, 0.05) is 23.4 Å². The summed E-state index contributed by atoms with van der Waals surface area (Å²) in [6.07, 6.45) is 4.60. The highest BCUT2D eigenvalue weighted by atomic mass is 16.5. The zero-order chi connectivity index (χ0) is 18.4. The summed E-state index contributed by atoms with van der Waals surface area (Å²) in [5, 5.41) is 22.7. The van der Waals surface area contributed by atoms with Crippen LogP contribution < -0.4 is 4.74 Å². The zero-order valence-electron chi connectivity index (χ0n) is 15.4. The lowest BCUT2D eigenvalue weighted by Gasteiger charge is -2.57. The van der Waals surface area contributed by atoms with E-state index in [0.717, 1.165) is 12.1 Å². The van der Waals surface area contributed by atoms with Crippen molar-refractivity contribution in [1.29, 1.82) is 0 Å². The minimum Gasteiger partial charge on any atom is -0.504 e. The average Bonchev–Trinajstić information content (AvgIpc) is 2.60. The molecule has 3 rings (SSSR count). The Morgan fingerprint density at radius 1 is 1.40 bits per heavy atom. The van der Waals surface area contributed by atoms with Crippen molar-refractivity contribution in [2.24, 2.45) is 0 Å². The molecule has 1 aromatic rings. The third-order valence-electron chi connectivity index (χ3n) is 6.26. The molecule has 1 saturated heterocycles. The van der Waals surface area contributed by atoms with E-state index in [4.69, 9.17) is 4.74 Å². The standard InChI is InChI=1S/C20H27NO4/c1-5-14-6-7-16(25-4)18(23)17(14)19-10-11-21(3)13(2)20(19,24)9-8-15(22)12-19/h6-9,13,23-24H,5,10-12H2,1-4H3. The maximum absolute atomic E-state index is 12.4. The Morgan fingerprint density at radius 3 is 2.76 bits per heavy atom. The molecule has 0 radical (unpaired) electrons. The number of likely N-dealkylation sites (tertiary alicyclic amines) is 1. The van der Waals surface area contributed by atoms with Crippen LogP contribution in [0.1, 0.15) is 37.8 Å². The Labute approximate surface area is 148 Å². The van der Waals surface area contributed by atoms with Gasteiger partial charge in [0.05, 0.1) is 7.11 Å². The van der Waals surface area contributed by atoms with E-state index in [-0.39, 0.29) is 24.0 Å². The van der Waals surface area contributed by atoms with Gasteiger partial charge in [0.2, 0.25) is 0 Å². The van der Waals surface area contributed by atoms with Crippen LogP contribution in [-0.2, 0) is 16.6 Å². The lowest BCUT2D eigenvalue weighted by molar-refractivity contribution is -0.130. The Morgan fingerprint density at radius 2 is 2.12 bits per heavy atom. The van der Waals surface area contributed by atoms with Crippen molar-refractivity contribution in [3.8, 4) is 11.5 Å². The first-order chi connectivity index (χ1) is 11.8. The number of aromatic hydroxyl groups is 1. The van der Waals surface area contributed by atoms with Gasteiger partial charge in [0.1, 0.15) is 5.60 Å². The maximum atomic E-state index is 12.4. The van der Waals surface area contributed by atoms with Crippen molar-refractivity contribution in [2.75, 3.05) is 20.7 Å². The van der Waals surface area contributed by atoms with Crippen LogP contribution in [0.2, 0.25) is 0 Å². The SMILES string of the molecule is CCc1ccc(OC)c(O)c1C12CCN(C)C(C)C1(O)C=CC(=O)C2. The molecule has 0 saturated carbocycles. The Hall–Kier alpha value is -1.85. The number of hydrogen-bond acceptors (Lipinski definition) is 5. The van der Waals surface area contributed by atoms with Gasteiger partial charge in [-0.25, -0.2) is 0 Å². The van der Waals surface area contributed by atoms with Crippen molar-refractivity contribution < 1.29 is 19.7 Å². The molecule has 1 aromatic carbocycles. The number of likely N-dealkylation sites (N-methyl/N-ethyl adjacent to an activating group) is 1. The van der Waals surface area contributed by atoms with E-state index in [1.807, 2.05) is 27.0 Å². The Bertz CT molecular complexity index is 729. The number of nitrogens with zero attached hydrogens (tertiary/aromatic N) is 1. The molecule has 1 aliphatic carbocycles. The molecular weight excluding hydrogens is 318 g/mol. The van der Waals surface area contributed by atoms with Gasteiger partial charge in [-0.15, -0.1) is 0 Å². The summed E-state index contributed by atoms with van der Waals surface area (Å²) in [7, 11) is 3.49. The van der Waals surface area contributed by atoms with E-state index in [0.29, 0.717) is 24.2 Å². The van der Waals surface area contributed by atoms with Crippen LogP contribution >= 0.6 is 0 Å². The molecule has 136 valence electrons. The Kier molecular flexibility index (Phi) is 4.41. The number of aliphatic hydroxyl groups is 1. The molecule has 3 unspecified atom stereocenters. The molecular formula is C20H27NO4. The summed E-state index contributed by atoms with van der Waals surface area (Å²) >= 11 is 0. The lowest BCUT2D eigenvalue weighted by atomic mass is 9.55. The van der Waals surface area contributed by atoms with Crippen LogP contribution in [0.5, 0.6) is 11.5 Å². The predicted octanol–water partition coefficient (Wildman–Crippen LogP) is 2.19. The van der Waals surface area contributed by atoms with Gasteiger partial charge in [0.15, 0.2) is 17.3 Å². The molecule has 25 heavy (non-hydrogen) atoms. The number of ketones is 1. The van der Waals surface area contributed by atoms with E-state index < -0.39 is 11.0 Å². The van der Waals surface area contributed by atoms with Crippen LogP contribution in [0, 0.1) is 0 Å². The second-order valence-electron chi connectivity index (χ2n) is 7.29. The highest BCUT2D eigenvalue weighted by Crippen LogP contribution is 2.55. The first kappa shape index (κ1) is 18.0. The Balaban J connectivity index is 2.33. The fourth-order valence-corrected chi connectivity index (χ4v) is 4.62. The van der Waals surface area contributed by atoms with E-state index in [9.17, 15) is 15.0 Å². The number of fused-ring (bicyclic) bond motifs is 1. The number of phenols is 1. The highest BCUT2D eigenvalue weighted by molar-refractivity contribution is 5.93. The van der Waals surface area contributed by atoms with Gasteiger partial charge in [-0.1, -0.05) is 13.0 Å². The molecule has 0 aromatic heterocycles. The van der Waals surface area contributed by atoms with Crippen molar-refractivity contribution >= 4 is 5.78 Å². The molecule has 0 spiro atoms. The zero-order valence-corrected chi connectivity index (χ0v) is 15.4. The topological polar surface area (TPSA) is 70.0 Å². The molecule has 1 heterocycles. The minimum atomic E-state index is -1.23. The predicted molar refractivity (Wildman–Crippen MR) is 96.1 cm³/mol. The van der Waals surface area contributed by atoms with Gasteiger partial charge < -0.3 is 19.8 Å². The largest absolute Gasteiger partial charge is 0.504 e. The first-order valence-corrected chi connectivity index (χ1v) is 8.84. The molecule has 2 N–H and O–H groups in total. The first-order valence-electron chi connectivity index (χ1n) is 8.84. The van der Waals surface area contributed by atoms with Crippen LogP contribution in [0.3, 0.4) is 0 Å².